The van der Waals surface area contributed by atoms with Crippen LogP contribution < -0.4 is 0 Å². The topological polar surface area (TPSA) is 216 Å². The highest BCUT2D eigenvalue weighted by molar-refractivity contribution is 7.47. The highest BCUT2D eigenvalue weighted by atomic mass is 31.2. The molecule has 346 valence electrons. The van der Waals surface area contributed by atoms with Crippen molar-refractivity contribution in [3.05, 3.63) is 72.9 Å². The number of hydrogen-bond donors (Lipinski definition) is 5. The van der Waals surface area contributed by atoms with Crippen LogP contribution in [0.1, 0.15) is 149 Å². The van der Waals surface area contributed by atoms with Crippen molar-refractivity contribution < 1.29 is 66.7 Å². The fourth-order valence-corrected chi connectivity index (χ4v) is 6.49. The van der Waals surface area contributed by atoms with Crippen molar-refractivity contribution in [2.75, 3.05) is 26.4 Å². The second-order valence-electron chi connectivity index (χ2n) is 14.4. The lowest BCUT2D eigenvalue weighted by molar-refractivity contribution is -0.161. The van der Waals surface area contributed by atoms with E-state index in [2.05, 4.69) is 28.1 Å². The predicted octanol–water partition coefficient (Wildman–Crippen LogP) is 9.98. The molecule has 0 aromatic heterocycles. The number of aliphatic hydroxyl groups is 2. The molecule has 0 amide bonds. The number of esters is 2. The molecule has 0 fully saturated rings. The molecule has 16 heteroatoms. The number of phosphoric acid groups is 2. The van der Waals surface area contributed by atoms with E-state index in [-0.39, 0.29) is 12.8 Å². The Hall–Kier alpha value is -2.48. The van der Waals surface area contributed by atoms with Crippen LogP contribution in [0.25, 0.3) is 0 Å². The van der Waals surface area contributed by atoms with Gasteiger partial charge in [-0.1, -0.05) is 138 Å². The maximum absolute atomic E-state index is 12.6. The van der Waals surface area contributed by atoms with Gasteiger partial charge in [-0.3, -0.25) is 23.2 Å². The number of phosphoric ester groups is 2. The van der Waals surface area contributed by atoms with Crippen LogP contribution in [0.2, 0.25) is 0 Å². The van der Waals surface area contributed by atoms with Gasteiger partial charge in [0, 0.05) is 12.8 Å². The van der Waals surface area contributed by atoms with Crippen molar-refractivity contribution in [2.24, 2.45) is 0 Å². The normalized spacial score (nSPS) is 15.2. The van der Waals surface area contributed by atoms with E-state index in [4.69, 9.17) is 23.8 Å². The number of hydrogen-bond acceptors (Lipinski definition) is 11. The summed E-state index contributed by atoms with van der Waals surface area (Å²) in [7, 11) is -9.71. The molecule has 0 bridgehead atoms. The zero-order valence-electron chi connectivity index (χ0n) is 36.1. The summed E-state index contributed by atoms with van der Waals surface area (Å²) in [6, 6.07) is 0. The molecular weight excluding hydrogens is 814 g/mol. The third-order valence-corrected chi connectivity index (χ3v) is 10.1. The van der Waals surface area contributed by atoms with Crippen molar-refractivity contribution in [3.63, 3.8) is 0 Å². The van der Waals surface area contributed by atoms with Crippen molar-refractivity contribution in [2.45, 2.75) is 167 Å². The van der Waals surface area contributed by atoms with Gasteiger partial charge in [0.25, 0.3) is 0 Å². The minimum absolute atomic E-state index is 0.0306. The highest BCUT2D eigenvalue weighted by Gasteiger charge is 2.28. The molecule has 0 rings (SSSR count). The van der Waals surface area contributed by atoms with Crippen molar-refractivity contribution in [1.82, 2.24) is 0 Å². The minimum atomic E-state index is -4.88. The third-order valence-electron chi connectivity index (χ3n) is 8.64. The monoisotopic (exact) mass is 890 g/mol. The first-order valence-corrected chi connectivity index (χ1v) is 24.8. The molecule has 0 aromatic rings. The van der Waals surface area contributed by atoms with Crippen LogP contribution in [0.15, 0.2) is 72.9 Å². The summed E-state index contributed by atoms with van der Waals surface area (Å²) in [5, 5.41) is 19.5. The summed E-state index contributed by atoms with van der Waals surface area (Å²) in [6.07, 6.45) is 39.6. The Bertz CT molecular complexity index is 1350. The van der Waals surface area contributed by atoms with Crippen molar-refractivity contribution in [3.8, 4) is 0 Å². The van der Waals surface area contributed by atoms with E-state index in [0.29, 0.717) is 25.7 Å². The van der Waals surface area contributed by atoms with Gasteiger partial charge in [-0.05, 0) is 70.6 Å². The fourth-order valence-electron chi connectivity index (χ4n) is 5.34. The van der Waals surface area contributed by atoms with Gasteiger partial charge >= 0.3 is 27.6 Å². The van der Waals surface area contributed by atoms with E-state index in [1.54, 1.807) is 6.08 Å². The van der Waals surface area contributed by atoms with Crippen LogP contribution in [0.4, 0.5) is 0 Å². The zero-order chi connectivity index (χ0) is 44.6. The lowest BCUT2D eigenvalue weighted by Gasteiger charge is -2.20. The van der Waals surface area contributed by atoms with E-state index in [0.717, 1.165) is 57.8 Å². The number of carbonyl (C=O) groups excluding carboxylic acids is 2. The van der Waals surface area contributed by atoms with E-state index in [1.807, 2.05) is 61.6 Å². The second kappa shape index (κ2) is 39.4. The largest absolute Gasteiger partial charge is 0.472 e. The van der Waals surface area contributed by atoms with Gasteiger partial charge in [0.15, 0.2) is 6.10 Å². The first-order valence-electron chi connectivity index (χ1n) is 21.7. The molecule has 2 unspecified atom stereocenters. The number of unbranched alkanes of at least 4 members (excludes halogenated alkanes) is 12. The van der Waals surface area contributed by atoms with Gasteiger partial charge in [-0.2, -0.15) is 0 Å². The number of aliphatic hydroxyl groups excluding tert-OH is 2. The van der Waals surface area contributed by atoms with E-state index >= 15 is 0 Å². The molecular formula is C44H76O14P2. The number of allylic oxidation sites excluding steroid dienone is 10. The summed E-state index contributed by atoms with van der Waals surface area (Å²) in [4.78, 5) is 52.6. The molecule has 0 saturated carbocycles. The van der Waals surface area contributed by atoms with Crippen LogP contribution >= 0.6 is 15.6 Å². The third kappa shape index (κ3) is 42.2. The first-order chi connectivity index (χ1) is 28.8. The highest BCUT2D eigenvalue weighted by Crippen LogP contribution is 2.43. The Morgan fingerprint density at radius 1 is 0.567 bits per heavy atom. The second-order valence-corrected chi connectivity index (χ2v) is 17.1. The molecule has 0 aromatic carbocycles. The molecule has 0 aliphatic rings. The number of ether oxygens (including phenoxy) is 2. The van der Waals surface area contributed by atoms with Gasteiger partial charge in [0.1, 0.15) is 12.7 Å². The molecule has 0 heterocycles. The Morgan fingerprint density at radius 2 is 1.10 bits per heavy atom. The Morgan fingerprint density at radius 3 is 1.77 bits per heavy atom. The number of carbonyl (C=O) groups is 2. The lowest BCUT2D eigenvalue weighted by Crippen LogP contribution is -2.29. The van der Waals surface area contributed by atoms with Gasteiger partial charge < -0.3 is 34.4 Å². The molecule has 60 heavy (non-hydrogen) atoms. The van der Waals surface area contributed by atoms with Crippen LogP contribution in [-0.4, -0.2) is 81.6 Å². The van der Waals surface area contributed by atoms with Crippen molar-refractivity contribution in [1.29, 1.82) is 0 Å². The molecule has 0 spiro atoms. The summed E-state index contributed by atoms with van der Waals surface area (Å²) in [6.45, 7) is 1.42. The standard InChI is InChI=1S/C44H76O14P2/c1-3-5-7-8-9-10-11-12-13-14-18-21-24-27-30-34-43(47)54-38-42(39-57-60(52,53)56-37-41(46)36-55-59(49,50)51)58-44(48)35-31-28-25-22-19-16-15-17-20-23-26-29-33-40(45)32-6-4-2/h6,12-13,15-16,20,22-23,25-26,29,32,40-42,45-46H,3-5,7-11,14,17-19,21,24,27-28,30-31,33-39H2,1-2H3,(H,52,53)(H2,49,50,51)/b13-12-,16-15-,23-20-,25-22-,29-26+,32-6-/t40?,41-,42+/m0/s1. The minimum Gasteiger partial charge on any atom is -0.462 e. The van der Waals surface area contributed by atoms with Gasteiger partial charge in [-0.15, -0.1) is 0 Å². The Balaban J connectivity index is 4.67. The molecule has 0 saturated heterocycles. The van der Waals surface area contributed by atoms with Gasteiger partial charge in [-0.25, -0.2) is 9.13 Å². The summed E-state index contributed by atoms with van der Waals surface area (Å²) in [5.74, 6) is -1.14. The van der Waals surface area contributed by atoms with E-state index in [1.165, 1.54) is 38.5 Å². The van der Waals surface area contributed by atoms with Gasteiger partial charge in [0.05, 0.1) is 25.9 Å². The molecule has 0 aliphatic heterocycles. The van der Waals surface area contributed by atoms with Crippen LogP contribution in [-0.2, 0) is 41.8 Å². The molecule has 14 nitrogen and oxygen atoms in total. The maximum Gasteiger partial charge on any atom is 0.472 e. The quantitative estimate of drug-likeness (QED) is 0.0127. The fraction of sp³-hybridized carbons (Fsp3) is 0.682. The summed E-state index contributed by atoms with van der Waals surface area (Å²) in [5.41, 5.74) is 0. The Labute approximate surface area is 359 Å². The smallest absolute Gasteiger partial charge is 0.462 e. The average molecular weight is 891 g/mol. The molecule has 5 N–H and O–H groups in total. The zero-order valence-corrected chi connectivity index (χ0v) is 37.9. The SMILES string of the molecule is CC/C=C\C(O)C/C=C/C=C\C/C=C\C/C=C\CCCC(=O)O[C@H](COC(=O)CCCCCCC/C=C\CCCCCCCC)COP(=O)(O)OC[C@@H](O)COP(=O)(O)O. The van der Waals surface area contributed by atoms with Crippen LogP contribution in [0.3, 0.4) is 0 Å². The lowest BCUT2D eigenvalue weighted by atomic mass is 10.1. The van der Waals surface area contributed by atoms with Gasteiger partial charge in [0.2, 0.25) is 0 Å². The molecule has 0 aliphatic carbocycles. The Kier molecular flexibility index (Phi) is 37.7. The van der Waals surface area contributed by atoms with Crippen LogP contribution in [0, 0.1) is 0 Å². The van der Waals surface area contributed by atoms with E-state index in [9.17, 15) is 33.8 Å². The summed E-state index contributed by atoms with van der Waals surface area (Å²) < 4.78 is 47.7. The average Bonchev–Trinajstić information content (AvgIpc) is 3.20. The molecule has 4 atom stereocenters. The molecule has 0 radical (unpaired) electrons. The van der Waals surface area contributed by atoms with Crippen LogP contribution in [0.5, 0.6) is 0 Å². The maximum atomic E-state index is 12.6. The summed E-state index contributed by atoms with van der Waals surface area (Å²) >= 11 is 0. The van der Waals surface area contributed by atoms with Crippen molar-refractivity contribution >= 4 is 27.6 Å². The van der Waals surface area contributed by atoms with E-state index < -0.39 is 72.3 Å². The first kappa shape index (κ1) is 57.5. The number of rotatable bonds is 40. The predicted molar refractivity (Wildman–Crippen MR) is 236 cm³/mol.